The number of hydrogen-bond donors (Lipinski definition) is 11. The maximum atomic E-state index is 13.6. The number of aromatic hydroxyl groups is 3. The van der Waals surface area contributed by atoms with Crippen LogP contribution in [0.15, 0.2) is 27.4 Å². The Morgan fingerprint density at radius 1 is 0.675 bits per heavy atom. The second kappa shape index (κ2) is 10.4. The second-order valence-electron chi connectivity index (χ2n) is 9.84. The van der Waals surface area contributed by atoms with Crippen LogP contribution in [-0.2, 0) is 9.47 Å². The molecule has 0 amide bonds. The molecule has 40 heavy (non-hydrogen) atoms. The average molecular weight is 568 g/mol. The lowest BCUT2D eigenvalue weighted by Gasteiger charge is -2.42. The van der Waals surface area contributed by atoms with Crippen LogP contribution in [0.5, 0.6) is 17.2 Å². The summed E-state index contributed by atoms with van der Waals surface area (Å²) in [5.74, 6) is -2.34. The van der Waals surface area contributed by atoms with Gasteiger partial charge in [-0.3, -0.25) is 4.79 Å². The van der Waals surface area contributed by atoms with Crippen molar-refractivity contribution in [3.63, 3.8) is 0 Å². The molecule has 11 N–H and O–H groups in total. The number of phenols is 3. The van der Waals surface area contributed by atoms with E-state index in [1.807, 2.05) is 0 Å². The van der Waals surface area contributed by atoms with Crippen molar-refractivity contribution in [1.29, 1.82) is 0 Å². The predicted molar refractivity (Wildman–Crippen MR) is 130 cm³/mol. The first-order chi connectivity index (χ1) is 18.9. The molecule has 0 unspecified atom stereocenters. The van der Waals surface area contributed by atoms with Crippen LogP contribution < -0.4 is 5.43 Å². The zero-order valence-electron chi connectivity index (χ0n) is 20.5. The van der Waals surface area contributed by atoms with E-state index in [0.717, 1.165) is 6.07 Å². The number of aliphatic hydroxyl groups excluding tert-OH is 8. The molecule has 0 bridgehead atoms. The number of fused-ring (bicyclic) bond motifs is 2. The molecule has 3 aromatic rings. The molecule has 3 heterocycles. The summed E-state index contributed by atoms with van der Waals surface area (Å²) in [6.45, 7) is -1.70. The van der Waals surface area contributed by atoms with Gasteiger partial charge in [-0.25, -0.2) is 0 Å². The molecule has 2 saturated heterocycles. The Bertz CT molecular complexity index is 1480. The molecule has 2 aromatic carbocycles. The van der Waals surface area contributed by atoms with E-state index < -0.39 is 113 Å². The highest BCUT2D eigenvalue weighted by Crippen LogP contribution is 2.51. The molecule has 10 atom stereocenters. The number of aliphatic hydroxyl groups is 8. The third-order valence-corrected chi connectivity index (χ3v) is 7.47. The molecule has 0 spiro atoms. The highest BCUT2D eigenvalue weighted by atomic mass is 16.6. The van der Waals surface area contributed by atoms with Crippen molar-refractivity contribution in [3.8, 4) is 17.2 Å². The molecule has 2 fully saturated rings. The van der Waals surface area contributed by atoms with E-state index >= 15 is 0 Å². The SMILES string of the molecule is O=c1c2cc(O)ccc2oc2c([C@@H]3O[C@H](CO)[C@@H](O)[C@H](O)[C@H]3O)c(O)c([C@@H]3O[C@H](CO)[C@@H](O)[C@H](O)[C@H]3O)c(O)c12. The van der Waals surface area contributed by atoms with Gasteiger partial charge in [0.2, 0.25) is 5.43 Å². The average Bonchev–Trinajstić information content (AvgIpc) is 2.93. The van der Waals surface area contributed by atoms with Gasteiger partial charge >= 0.3 is 0 Å². The van der Waals surface area contributed by atoms with Crippen molar-refractivity contribution >= 4 is 21.9 Å². The molecular formula is C25H28O15. The summed E-state index contributed by atoms with van der Waals surface area (Å²) in [6.07, 6.45) is -18.2. The normalized spacial score (nSPS) is 34.9. The molecule has 1 aromatic heterocycles. The highest BCUT2D eigenvalue weighted by molar-refractivity contribution is 5.97. The maximum absolute atomic E-state index is 13.6. The molecule has 15 nitrogen and oxygen atoms in total. The fourth-order valence-electron chi connectivity index (χ4n) is 5.30. The monoisotopic (exact) mass is 568 g/mol. The zero-order chi connectivity index (χ0) is 29.2. The van der Waals surface area contributed by atoms with E-state index in [0.29, 0.717) is 0 Å². The summed E-state index contributed by atoms with van der Waals surface area (Å²) >= 11 is 0. The summed E-state index contributed by atoms with van der Waals surface area (Å²) in [5, 5.41) is 114. The first kappa shape index (κ1) is 28.4. The van der Waals surface area contributed by atoms with Gasteiger partial charge in [-0.2, -0.15) is 0 Å². The quantitative estimate of drug-likeness (QED) is 0.141. The van der Waals surface area contributed by atoms with Crippen LogP contribution in [0, 0.1) is 0 Å². The van der Waals surface area contributed by atoms with Gasteiger partial charge in [-0.05, 0) is 18.2 Å². The van der Waals surface area contributed by atoms with Gasteiger partial charge in [0.1, 0.15) is 89.3 Å². The van der Waals surface area contributed by atoms with Crippen LogP contribution in [0.1, 0.15) is 23.3 Å². The number of benzene rings is 2. The number of phenolic OH excluding ortho intramolecular Hbond substituents is 3. The third kappa shape index (κ3) is 4.19. The number of ether oxygens (including phenoxy) is 2. The second-order valence-corrected chi connectivity index (χ2v) is 9.84. The van der Waals surface area contributed by atoms with Crippen LogP contribution in [-0.4, -0.2) is 118 Å². The minimum atomic E-state index is -2.04. The Kier molecular flexibility index (Phi) is 7.38. The van der Waals surface area contributed by atoms with Crippen LogP contribution in [0.2, 0.25) is 0 Å². The standard InChI is InChI=1S/C25H28O15/c26-4-9-15(30)19(34)21(36)24(39-9)12-17(32)11-14(29)7-3-6(28)1-2-8(7)38-23(11)13(18(12)33)25-22(37)20(35)16(31)10(5-27)40-25/h1-3,9-10,15-16,19-22,24-28,30-37H,4-5H2/t9-,10-,15-,16-,19+,20+,21-,22-,24+,25+/m1/s1. The van der Waals surface area contributed by atoms with E-state index in [9.17, 15) is 61.0 Å². The van der Waals surface area contributed by atoms with Gasteiger partial charge in [-0.15, -0.1) is 0 Å². The van der Waals surface area contributed by atoms with Crippen molar-refractivity contribution in [1.82, 2.24) is 0 Å². The molecule has 15 heteroatoms. The largest absolute Gasteiger partial charge is 0.508 e. The summed E-state index contributed by atoms with van der Waals surface area (Å²) in [6, 6.07) is 3.43. The highest BCUT2D eigenvalue weighted by Gasteiger charge is 2.50. The van der Waals surface area contributed by atoms with E-state index in [4.69, 9.17) is 13.9 Å². The molecule has 0 aliphatic carbocycles. The Morgan fingerprint density at radius 2 is 1.20 bits per heavy atom. The van der Waals surface area contributed by atoms with Crippen LogP contribution in [0.25, 0.3) is 21.9 Å². The topological polar surface area (TPSA) is 271 Å². The fraction of sp³-hybridized carbons (Fsp3) is 0.480. The molecule has 2 aliphatic heterocycles. The lowest BCUT2D eigenvalue weighted by Crippen LogP contribution is -2.55. The van der Waals surface area contributed by atoms with Gasteiger partial charge in [-0.1, -0.05) is 0 Å². The Labute approximate surface area is 223 Å². The molecule has 0 radical (unpaired) electrons. The lowest BCUT2D eigenvalue weighted by molar-refractivity contribution is -0.234. The number of hydrogen-bond acceptors (Lipinski definition) is 15. The van der Waals surface area contributed by atoms with Crippen molar-refractivity contribution in [2.24, 2.45) is 0 Å². The van der Waals surface area contributed by atoms with E-state index in [1.54, 1.807) is 0 Å². The first-order valence-electron chi connectivity index (χ1n) is 12.2. The molecule has 218 valence electrons. The predicted octanol–water partition coefficient (Wildman–Crippen LogP) is -2.91. The van der Waals surface area contributed by atoms with E-state index in [2.05, 4.69) is 0 Å². The molecular weight excluding hydrogens is 540 g/mol. The molecule has 0 saturated carbocycles. The van der Waals surface area contributed by atoms with Crippen LogP contribution in [0.4, 0.5) is 0 Å². The van der Waals surface area contributed by atoms with Gasteiger partial charge < -0.3 is 70.1 Å². The zero-order valence-corrected chi connectivity index (χ0v) is 20.5. The Hall–Kier alpha value is -3.09. The van der Waals surface area contributed by atoms with E-state index in [1.165, 1.54) is 12.1 Å². The number of rotatable bonds is 4. The van der Waals surface area contributed by atoms with Crippen molar-refractivity contribution in [3.05, 3.63) is 39.5 Å². The van der Waals surface area contributed by atoms with Gasteiger partial charge in [0.15, 0.2) is 5.58 Å². The van der Waals surface area contributed by atoms with Gasteiger partial charge in [0.05, 0.1) is 29.7 Å². The van der Waals surface area contributed by atoms with Crippen LogP contribution >= 0.6 is 0 Å². The van der Waals surface area contributed by atoms with Crippen molar-refractivity contribution in [2.45, 2.75) is 61.0 Å². The van der Waals surface area contributed by atoms with Gasteiger partial charge in [0.25, 0.3) is 0 Å². The lowest BCUT2D eigenvalue weighted by atomic mass is 9.85. The maximum Gasteiger partial charge on any atom is 0.204 e. The Morgan fingerprint density at radius 3 is 1.73 bits per heavy atom. The summed E-state index contributed by atoms with van der Waals surface area (Å²) in [5.41, 5.74) is -2.95. The Balaban J connectivity index is 1.86. The molecule has 5 rings (SSSR count). The minimum absolute atomic E-state index is 0.138. The van der Waals surface area contributed by atoms with Crippen molar-refractivity contribution < 1.29 is 70.1 Å². The van der Waals surface area contributed by atoms with Crippen molar-refractivity contribution in [2.75, 3.05) is 13.2 Å². The molecule has 2 aliphatic rings. The first-order valence-corrected chi connectivity index (χ1v) is 12.2. The fourth-order valence-corrected chi connectivity index (χ4v) is 5.30. The smallest absolute Gasteiger partial charge is 0.204 e. The minimum Gasteiger partial charge on any atom is -0.508 e. The van der Waals surface area contributed by atoms with Crippen LogP contribution in [0.3, 0.4) is 0 Å². The summed E-state index contributed by atoms with van der Waals surface area (Å²) in [4.78, 5) is 13.6. The summed E-state index contributed by atoms with van der Waals surface area (Å²) < 4.78 is 16.9. The van der Waals surface area contributed by atoms with Gasteiger partial charge in [0, 0.05) is 0 Å². The third-order valence-electron chi connectivity index (χ3n) is 7.47. The van der Waals surface area contributed by atoms with E-state index in [-0.39, 0.29) is 16.7 Å². The summed E-state index contributed by atoms with van der Waals surface area (Å²) in [7, 11) is 0.